The number of anilines is 1. The maximum absolute atomic E-state index is 11.7. The standard InChI is InChI=1S/C12H14N2O3/c1-8(15)9-4-2-3-5-10(9)14-7-11(16)13-6-12(14)17/h2-5,8,15H,6-7H2,1H3,(H,13,16). The number of nitrogens with one attached hydrogen (secondary N) is 1. The normalized spacial score (nSPS) is 17.9. The van der Waals surface area contributed by atoms with E-state index in [1.54, 1.807) is 31.2 Å². The molecule has 1 atom stereocenters. The Kier molecular flexibility index (Phi) is 3.10. The zero-order valence-electron chi connectivity index (χ0n) is 9.51. The molecule has 5 nitrogen and oxygen atoms in total. The van der Waals surface area contributed by atoms with Crippen molar-refractivity contribution in [3.63, 3.8) is 0 Å². The number of para-hydroxylation sites is 1. The van der Waals surface area contributed by atoms with E-state index in [2.05, 4.69) is 5.32 Å². The van der Waals surface area contributed by atoms with Gasteiger partial charge in [-0.3, -0.25) is 9.59 Å². The van der Waals surface area contributed by atoms with Crippen molar-refractivity contribution in [1.82, 2.24) is 5.32 Å². The lowest BCUT2D eigenvalue weighted by atomic mass is 10.1. The van der Waals surface area contributed by atoms with Crippen molar-refractivity contribution in [1.29, 1.82) is 0 Å². The van der Waals surface area contributed by atoms with Gasteiger partial charge in [-0.25, -0.2) is 0 Å². The summed E-state index contributed by atoms with van der Waals surface area (Å²) in [6.45, 7) is 1.64. The molecule has 0 saturated carbocycles. The van der Waals surface area contributed by atoms with Crippen molar-refractivity contribution in [2.24, 2.45) is 0 Å². The van der Waals surface area contributed by atoms with Gasteiger partial charge in [0.15, 0.2) is 0 Å². The summed E-state index contributed by atoms with van der Waals surface area (Å²) in [5, 5.41) is 12.1. The summed E-state index contributed by atoms with van der Waals surface area (Å²) in [7, 11) is 0. The molecule has 2 N–H and O–H groups in total. The van der Waals surface area contributed by atoms with Gasteiger partial charge >= 0.3 is 0 Å². The van der Waals surface area contributed by atoms with Crippen LogP contribution >= 0.6 is 0 Å². The lowest BCUT2D eigenvalue weighted by Crippen LogP contribution is -2.52. The smallest absolute Gasteiger partial charge is 0.246 e. The van der Waals surface area contributed by atoms with E-state index in [1.165, 1.54) is 4.90 Å². The van der Waals surface area contributed by atoms with E-state index in [4.69, 9.17) is 0 Å². The second-order valence-electron chi connectivity index (χ2n) is 3.99. The van der Waals surface area contributed by atoms with Crippen LogP contribution in [0.2, 0.25) is 0 Å². The van der Waals surface area contributed by atoms with Crippen molar-refractivity contribution < 1.29 is 14.7 Å². The van der Waals surface area contributed by atoms with E-state index in [-0.39, 0.29) is 24.9 Å². The van der Waals surface area contributed by atoms with Crippen molar-refractivity contribution in [2.75, 3.05) is 18.0 Å². The minimum absolute atomic E-state index is 0.00255. The van der Waals surface area contributed by atoms with Crippen molar-refractivity contribution in [2.45, 2.75) is 13.0 Å². The van der Waals surface area contributed by atoms with E-state index in [0.29, 0.717) is 11.3 Å². The molecule has 0 aliphatic carbocycles. The van der Waals surface area contributed by atoms with Crippen LogP contribution in [-0.4, -0.2) is 30.0 Å². The quantitative estimate of drug-likeness (QED) is 0.768. The predicted octanol–water partition coefficient (Wildman–Crippen LogP) is 0.203. The largest absolute Gasteiger partial charge is 0.389 e. The van der Waals surface area contributed by atoms with Crippen molar-refractivity contribution in [3.8, 4) is 0 Å². The summed E-state index contributed by atoms with van der Waals surface area (Å²) in [6.07, 6.45) is -0.677. The number of nitrogens with zero attached hydrogens (tertiary/aromatic N) is 1. The molecule has 0 aromatic heterocycles. The fourth-order valence-electron chi connectivity index (χ4n) is 1.86. The van der Waals surface area contributed by atoms with Crippen LogP contribution in [0, 0.1) is 0 Å². The first kappa shape index (κ1) is 11.6. The van der Waals surface area contributed by atoms with Crippen LogP contribution in [0.15, 0.2) is 24.3 Å². The molecule has 2 rings (SSSR count). The van der Waals surface area contributed by atoms with Crippen molar-refractivity contribution >= 4 is 17.5 Å². The Morgan fingerprint density at radius 2 is 2.06 bits per heavy atom. The second kappa shape index (κ2) is 4.55. The molecule has 1 aromatic carbocycles. The van der Waals surface area contributed by atoms with Crippen LogP contribution in [-0.2, 0) is 9.59 Å². The van der Waals surface area contributed by atoms with E-state index >= 15 is 0 Å². The average molecular weight is 234 g/mol. The Balaban J connectivity index is 2.38. The first-order valence-corrected chi connectivity index (χ1v) is 5.43. The molecular weight excluding hydrogens is 220 g/mol. The highest BCUT2D eigenvalue weighted by atomic mass is 16.3. The zero-order chi connectivity index (χ0) is 12.4. The number of aliphatic hydroxyl groups excluding tert-OH is 1. The van der Waals surface area contributed by atoms with Gasteiger partial charge in [0.25, 0.3) is 0 Å². The third-order valence-electron chi connectivity index (χ3n) is 2.72. The number of hydrogen-bond acceptors (Lipinski definition) is 3. The molecule has 1 aliphatic rings. The van der Waals surface area contributed by atoms with Gasteiger partial charge in [0, 0.05) is 5.56 Å². The van der Waals surface area contributed by atoms with Gasteiger partial charge in [-0.2, -0.15) is 0 Å². The molecule has 0 bridgehead atoms. The molecule has 1 aliphatic heterocycles. The minimum Gasteiger partial charge on any atom is -0.389 e. The van der Waals surface area contributed by atoms with Gasteiger partial charge < -0.3 is 15.3 Å². The number of aliphatic hydroxyl groups is 1. The fraction of sp³-hybridized carbons (Fsp3) is 0.333. The van der Waals surface area contributed by atoms with Gasteiger partial charge in [-0.1, -0.05) is 18.2 Å². The summed E-state index contributed by atoms with van der Waals surface area (Å²) >= 11 is 0. The van der Waals surface area contributed by atoms with E-state index in [1.807, 2.05) is 0 Å². The highest BCUT2D eigenvalue weighted by Gasteiger charge is 2.26. The first-order valence-electron chi connectivity index (χ1n) is 5.43. The summed E-state index contributed by atoms with van der Waals surface area (Å²) in [5.74, 6) is -0.359. The highest BCUT2D eigenvalue weighted by Crippen LogP contribution is 2.26. The molecule has 1 heterocycles. The molecule has 0 spiro atoms. The number of benzene rings is 1. The Bertz CT molecular complexity index is 457. The number of carbonyl (C=O) groups excluding carboxylic acids is 2. The second-order valence-corrected chi connectivity index (χ2v) is 3.99. The molecule has 1 fully saturated rings. The Morgan fingerprint density at radius 3 is 2.76 bits per heavy atom. The van der Waals surface area contributed by atoms with Gasteiger partial charge in [-0.05, 0) is 13.0 Å². The predicted molar refractivity (Wildman–Crippen MR) is 62.4 cm³/mol. The molecule has 1 aromatic rings. The average Bonchev–Trinajstić information content (AvgIpc) is 2.32. The monoisotopic (exact) mass is 234 g/mol. The summed E-state index contributed by atoms with van der Waals surface area (Å²) in [4.78, 5) is 24.5. The summed E-state index contributed by atoms with van der Waals surface area (Å²) < 4.78 is 0. The van der Waals surface area contributed by atoms with E-state index < -0.39 is 6.10 Å². The third kappa shape index (κ3) is 2.29. The van der Waals surface area contributed by atoms with Crippen LogP contribution < -0.4 is 10.2 Å². The lowest BCUT2D eigenvalue weighted by molar-refractivity contribution is -0.128. The third-order valence-corrected chi connectivity index (χ3v) is 2.72. The lowest BCUT2D eigenvalue weighted by Gasteiger charge is -2.29. The Morgan fingerprint density at radius 1 is 1.35 bits per heavy atom. The molecule has 90 valence electrons. The van der Waals surface area contributed by atoms with Crippen LogP contribution in [0.25, 0.3) is 0 Å². The van der Waals surface area contributed by atoms with Crippen LogP contribution in [0.1, 0.15) is 18.6 Å². The van der Waals surface area contributed by atoms with E-state index in [0.717, 1.165) is 0 Å². The molecule has 1 saturated heterocycles. The van der Waals surface area contributed by atoms with Crippen LogP contribution in [0.3, 0.4) is 0 Å². The molecule has 17 heavy (non-hydrogen) atoms. The van der Waals surface area contributed by atoms with Crippen LogP contribution in [0.5, 0.6) is 0 Å². The maximum Gasteiger partial charge on any atom is 0.246 e. The summed E-state index contributed by atoms with van der Waals surface area (Å²) in [6, 6.07) is 7.05. The summed E-state index contributed by atoms with van der Waals surface area (Å²) in [5.41, 5.74) is 1.25. The molecule has 0 radical (unpaired) electrons. The van der Waals surface area contributed by atoms with Gasteiger partial charge in [0.2, 0.25) is 11.8 Å². The Labute approximate surface area is 99.0 Å². The highest BCUT2D eigenvalue weighted by molar-refractivity contribution is 6.04. The molecule has 5 heteroatoms. The van der Waals surface area contributed by atoms with E-state index in [9.17, 15) is 14.7 Å². The zero-order valence-corrected chi connectivity index (χ0v) is 9.51. The van der Waals surface area contributed by atoms with Gasteiger partial charge in [0.05, 0.1) is 18.3 Å². The fourth-order valence-corrected chi connectivity index (χ4v) is 1.86. The SMILES string of the molecule is CC(O)c1ccccc1N1CC(=O)NCC1=O. The number of carbonyl (C=O) groups is 2. The Hall–Kier alpha value is -1.88. The number of amides is 2. The number of piperazine rings is 1. The van der Waals surface area contributed by atoms with Crippen LogP contribution in [0.4, 0.5) is 5.69 Å². The molecule has 1 unspecified atom stereocenters. The molecule has 2 amide bonds. The first-order chi connectivity index (χ1) is 8.09. The van der Waals surface area contributed by atoms with Crippen molar-refractivity contribution in [3.05, 3.63) is 29.8 Å². The number of hydrogen-bond donors (Lipinski definition) is 2. The maximum atomic E-state index is 11.7. The number of rotatable bonds is 2. The minimum atomic E-state index is -0.677. The van der Waals surface area contributed by atoms with Gasteiger partial charge in [-0.15, -0.1) is 0 Å². The van der Waals surface area contributed by atoms with Gasteiger partial charge in [0.1, 0.15) is 6.54 Å². The molecular formula is C12H14N2O3. The topological polar surface area (TPSA) is 69.6 Å².